The number of fused-ring (bicyclic) bond motifs is 1. The van der Waals surface area contributed by atoms with Gasteiger partial charge >= 0.3 is 0 Å². The Morgan fingerprint density at radius 3 is 3.62 bits per heavy atom. The summed E-state index contributed by atoms with van der Waals surface area (Å²) in [5.74, 6) is 0. The fourth-order valence-corrected chi connectivity index (χ4v) is 1.01. The number of rotatable bonds is 0. The molecule has 0 aromatic carbocycles. The normalized spacial score (nSPS) is 35.2. The average molecular weight is 112 g/mol. The van der Waals surface area contributed by atoms with Crippen molar-refractivity contribution in [3.8, 4) is 0 Å². The molecular weight excluding hydrogens is 104 g/mol. The zero-order chi connectivity index (χ0) is 5.40. The van der Waals surface area contributed by atoms with E-state index in [1.165, 1.54) is 0 Å². The van der Waals surface area contributed by atoms with Crippen molar-refractivity contribution in [1.29, 1.82) is 0 Å². The molecule has 2 aliphatic heterocycles. The summed E-state index contributed by atoms with van der Waals surface area (Å²) in [5, 5.41) is 2.06. The van der Waals surface area contributed by atoms with Crippen molar-refractivity contribution in [2.75, 3.05) is 13.2 Å². The van der Waals surface area contributed by atoms with Crippen LogP contribution in [0.2, 0.25) is 0 Å². The SMILES string of the molecule is C1=CC2OCCN2N1. The van der Waals surface area contributed by atoms with Crippen LogP contribution < -0.4 is 5.43 Å². The third-order valence-electron chi connectivity index (χ3n) is 1.43. The number of ether oxygens (including phenoxy) is 1. The Kier molecular flexibility index (Phi) is 0.797. The lowest BCUT2D eigenvalue weighted by molar-refractivity contribution is 0.0695. The fraction of sp³-hybridized carbons (Fsp3) is 0.600. The van der Waals surface area contributed by atoms with Crippen molar-refractivity contribution >= 4 is 0 Å². The van der Waals surface area contributed by atoms with Gasteiger partial charge in [-0.15, -0.1) is 0 Å². The highest BCUT2D eigenvalue weighted by Gasteiger charge is 2.24. The van der Waals surface area contributed by atoms with E-state index in [-0.39, 0.29) is 6.23 Å². The molecule has 0 radical (unpaired) electrons. The molecule has 0 aliphatic carbocycles. The Morgan fingerprint density at radius 1 is 1.75 bits per heavy atom. The van der Waals surface area contributed by atoms with E-state index in [0.717, 1.165) is 13.2 Å². The van der Waals surface area contributed by atoms with E-state index in [4.69, 9.17) is 4.74 Å². The average Bonchev–Trinajstić information content (AvgIpc) is 2.15. The summed E-state index contributed by atoms with van der Waals surface area (Å²) in [5.41, 5.74) is 3.05. The molecule has 44 valence electrons. The lowest BCUT2D eigenvalue weighted by Crippen LogP contribution is -2.32. The smallest absolute Gasteiger partial charge is 0.148 e. The Labute approximate surface area is 47.9 Å². The summed E-state index contributed by atoms with van der Waals surface area (Å²) in [6.07, 6.45) is 4.13. The van der Waals surface area contributed by atoms with Gasteiger partial charge in [-0.05, 0) is 6.08 Å². The van der Waals surface area contributed by atoms with Gasteiger partial charge in [0.1, 0.15) is 6.23 Å². The van der Waals surface area contributed by atoms with Crippen LogP contribution in [-0.2, 0) is 4.74 Å². The van der Waals surface area contributed by atoms with Gasteiger partial charge in [0, 0.05) is 12.7 Å². The molecule has 0 aromatic rings. The van der Waals surface area contributed by atoms with Crippen LogP contribution in [0.3, 0.4) is 0 Å². The van der Waals surface area contributed by atoms with Gasteiger partial charge in [0.2, 0.25) is 0 Å². The lowest BCUT2D eigenvalue weighted by Gasteiger charge is -2.11. The summed E-state index contributed by atoms with van der Waals surface area (Å²) < 4.78 is 5.25. The molecule has 0 spiro atoms. The highest BCUT2D eigenvalue weighted by atomic mass is 16.5. The molecule has 2 heterocycles. The molecule has 1 atom stereocenters. The van der Waals surface area contributed by atoms with Crippen molar-refractivity contribution in [1.82, 2.24) is 10.4 Å². The van der Waals surface area contributed by atoms with Crippen LogP contribution in [0.15, 0.2) is 12.3 Å². The molecule has 8 heavy (non-hydrogen) atoms. The molecule has 0 bridgehead atoms. The molecule has 1 saturated heterocycles. The Morgan fingerprint density at radius 2 is 2.75 bits per heavy atom. The zero-order valence-electron chi connectivity index (χ0n) is 4.50. The first-order valence-corrected chi connectivity index (χ1v) is 2.78. The molecule has 2 rings (SSSR count). The second-order valence-electron chi connectivity index (χ2n) is 1.94. The Hall–Kier alpha value is -0.540. The van der Waals surface area contributed by atoms with E-state index >= 15 is 0 Å². The van der Waals surface area contributed by atoms with Crippen molar-refractivity contribution in [3.63, 3.8) is 0 Å². The number of hydrogen-bond acceptors (Lipinski definition) is 3. The molecule has 2 aliphatic rings. The number of nitrogens with zero attached hydrogens (tertiary/aromatic N) is 1. The third-order valence-corrected chi connectivity index (χ3v) is 1.43. The largest absolute Gasteiger partial charge is 0.356 e. The summed E-state index contributed by atoms with van der Waals surface area (Å²) >= 11 is 0. The molecule has 1 fully saturated rings. The van der Waals surface area contributed by atoms with Crippen molar-refractivity contribution in [2.45, 2.75) is 6.23 Å². The molecular formula is C5H8N2O. The van der Waals surface area contributed by atoms with Gasteiger partial charge < -0.3 is 10.2 Å². The first-order valence-electron chi connectivity index (χ1n) is 2.78. The summed E-state index contributed by atoms with van der Waals surface area (Å²) in [6.45, 7) is 1.85. The highest BCUT2D eigenvalue weighted by molar-refractivity contribution is 4.95. The maximum Gasteiger partial charge on any atom is 0.148 e. The van der Waals surface area contributed by atoms with Crippen LogP contribution >= 0.6 is 0 Å². The summed E-state index contributed by atoms with van der Waals surface area (Å²) in [6, 6.07) is 0. The second kappa shape index (κ2) is 1.47. The quantitative estimate of drug-likeness (QED) is 0.464. The van der Waals surface area contributed by atoms with Gasteiger partial charge in [-0.3, -0.25) is 0 Å². The molecule has 0 saturated carbocycles. The minimum atomic E-state index is 0.218. The first-order chi connectivity index (χ1) is 3.97. The number of hydrazine groups is 1. The van der Waals surface area contributed by atoms with Gasteiger partial charge in [0.05, 0.1) is 6.61 Å². The van der Waals surface area contributed by atoms with Crippen LogP contribution in [0.1, 0.15) is 0 Å². The van der Waals surface area contributed by atoms with E-state index in [0.29, 0.717) is 0 Å². The standard InChI is InChI=1S/C5H8N2O/c1-2-6-7-3-4-8-5(1)7/h1-2,5-6H,3-4H2. The number of nitrogens with one attached hydrogen (secondary N) is 1. The van der Waals surface area contributed by atoms with E-state index in [1.807, 2.05) is 12.3 Å². The van der Waals surface area contributed by atoms with Gasteiger partial charge in [-0.25, -0.2) is 0 Å². The molecule has 1 unspecified atom stereocenters. The summed E-state index contributed by atoms with van der Waals surface area (Å²) in [7, 11) is 0. The number of hydrogen-bond donors (Lipinski definition) is 1. The molecule has 0 aromatic heterocycles. The van der Waals surface area contributed by atoms with Gasteiger partial charge in [-0.2, -0.15) is 5.01 Å². The van der Waals surface area contributed by atoms with E-state index < -0.39 is 0 Å². The van der Waals surface area contributed by atoms with Crippen LogP contribution in [-0.4, -0.2) is 24.4 Å². The topological polar surface area (TPSA) is 24.5 Å². The zero-order valence-corrected chi connectivity index (χ0v) is 4.50. The van der Waals surface area contributed by atoms with Gasteiger partial charge in [0.25, 0.3) is 0 Å². The van der Waals surface area contributed by atoms with E-state index in [9.17, 15) is 0 Å². The summed E-state index contributed by atoms with van der Waals surface area (Å²) in [4.78, 5) is 0. The molecule has 0 amide bonds. The van der Waals surface area contributed by atoms with Crippen LogP contribution in [0, 0.1) is 0 Å². The predicted octanol–water partition coefficient (Wildman–Crippen LogP) is -0.323. The molecule has 3 nitrogen and oxygen atoms in total. The predicted molar refractivity (Wildman–Crippen MR) is 28.7 cm³/mol. The maximum atomic E-state index is 5.25. The minimum absolute atomic E-state index is 0.218. The monoisotopic (exact) mass is 112 g/mol. The first kappa shape index (κ1) is 4.35. The second-order valence-corrected chi connectivity index (χ2v) is 1.94. The third kappa shape index (κ3) is 0.454. The van der Waals surface area contributed by atoms with Crippen LogP contribution in [0.4, 0.5) is 0 Å². The lowest BCUT2D eigenvalue weighted by atomic mass is 10.6. The Bertz CT molecular complexity index is 124. The Balaban J connectivity index is 2.13. The van der Waals surface area contributed by atoms with Crippen LogP contribution in [0.25, 0.3) is 0 Å². The van der Waals surface area contributed by atoms with Crippen LogP contribution in [0.5, 0.6) is 0 Å². The fourth-order valence-electron chi connectivity index (χ4n) is 1.01. The molecule has 1 N–H and O–H groups in total. The van der Waals surface area contributed by atoms with E-state index in [1.54, 1.807) is 0 Å². The van der Waals surface area contributed by atoms with Crippen molar-refractivity contribution in [2.24, 2.45) is 0 Å². The van der Waals surface area contributed by atoms with Crippen molar-refractivity contribution in [3.05, 3.63) is 12.3 Å². The minimum Gasteiger partial charge on any atom is -0.356 e. The van der Waals surface area contributed by atoms with E-state index in [2.05, 4.69) is 10.4 Å². The van der Waals surface area contributed by atoms with Gasteiger partial charge in [-0.1, -0.05) is 0 Å². The van der Waals surface area contributed by atoms with Crippen molar-refractivity contribution < 1.29 is 4.74 Å². The molecule has 3 heteroatoms. The maximum absolute atomic E-state index is 5.25. The van der Waals surface area contributed by atoms with Gasteiger partial charge in [0.15, 0.2) is 0 Å². The highest BCUT2D eigenvalue weighted by Crippen LogP contribution is 2.11.